The fraction of sp³-hybridized carbons (Fsp3) is 0.276. The van der Waals surface area contributed by atoms with Crippen LogP contribution >= 0.6 is 23.4 Å². The van der Waals surface area contributed by atoms with Crippen LogP contribution in [-0.2, 0) is 29.0 Å². The van der Waals surface area contributed by atoms with Gasteiger partial charge in [0.05, 0.1) is 28.1 Å². The molecule has 0 fully saturated rings. The third kappa shape index (κ3) is 5.77. The number of thioether (sulfide) groups is 1. The fourth-order valence-corrected chi connectivity index (χ4v) is 6.03. The number of esters is 1. The molecule has 0 saturated heterocycles. The summed E-state index contributed by atoms with van der Waals surface area (Å²) in [4.78, 5) is 21.3. The van der Waals surface area contributed by atoms with Crippen LogP contribution in [0.2, 0.25) is 5.02 Å². The van der Waals surface area contributed by atoms with Crippen LogP contribution in [0.1, 0.15) is 40.3 Å². The van der Waals surface area contributed by atoms with Crippen LogP contribution in [0.25, 0.3) is 10.9 Å². The Bertz CT molecular complexity index is 1490. The molecule has 38 heavy (non-hydrogen) atoms. The van der Waals surface area contributed by atoms with Crippen LogP contribution in [0.4, 0.5) is 4.39 Å². The Morgan fingerprint density at radius 3 is 2.89 bits per heavy atom. The molecule has 0 bridgehead atoms. The highest BCUT2D eigenvalue weighted by Crippen LogP contribution is 2.42. The average molecular weight is 552 g/mol. The summed E-state index contributed by atoms with van der Waals surface area (Å²) >= 11 is 7.54. The first-order chi connectivity index (χ1) is 18.4. The number of benzene rings is 2. The highest BCUT2D eigenvalue weighted by atomic mass is 35.5. The number of carbonyl (C=O) groups excluding carboxylic acids is 1. The summed E-state index contributed by atoms with van der Waals surface area (Å²) < 4.78 is 25.0. The number of ether oxygens (including phenoxy) is 2. The van der Waals surface area contributed by atoms with Crippen LogP contribution in [-0.4, -0.2) is 34.3 Å². The van der Waals surface area contributed by atoms with Crippen molar-refractivity contribution < 1.29 is 18.7 Å². The molecule has 0 spiro atoms. The number of carbonyl (C=O) groups is 1. The van der Waals surface area contributed by atoms with Gasteiger partial charge in [0.15, 0.2) is 0 Å². The smallest absolute Gasteiger partial charge is 0.323 e. The molecular formula is C29H27ClFN3O3S. The van der Waals surface area contributed by atoms with E-state index in [0.29, 0.717) is 34.7 Å². The number of aryl methyl sites for hydroxylation is 2. The predicted octanol–water partition coefficient (Wildman–Crippen LogP) is 5.81. The lowest BCUT2D eigenvalue weighted by atomic mass is 10.0. The maximum absolute atomic E-state index is 13.8. The quantitative estimate of drug-likeness (QED) is 0.276. The first-order valence-electron chi connectivity index (χ1n) is 12.4. The van der Waals surface area contributed by atoms with E-state index in [-0.39, 0.29) is 16.9 Å². The monoisotopic (exact) mass is 551 g/mol. The molecule has 9 heteroatoms. The fourth-order valence-electron chi connectivity index (χ4n) is 4.55. The van der Waals surface area contributed by atoms with E-state index >= 15 is 0 Å². The Kier molecular flexibility index (Phi) is 8.12. The van der Waals surface area contributed by atoms with Crippen LogP contribution in [0.5, 0.6) is 5.75 Å². The molecule has 5 rings (SSSR count). The predicted molar refractivity (Wildman–Crippen MR) is 148 cm³/mol. The summed E-state index contributed by atoms with van der Waals surface area (Å²) in [7, 11) is 0. The van der Waals surface area contributed by atoms with E-state index in [0.717, 1.165) is 29.7 Å². The summed E-state index contributed by atoms with van der Waals surface area (Å²) in [6, 6.07) is 15.9. The molecule has 2 unspecified atom stereocenters. The SMILES string of the molecule is CCOC(=O)C(N)CSC1c2cc(OCc3ccc4cc(F)c(Cl)cc4n3)ccc2CCc2ncccc21. The first kappa shape index (κ1) is 26.4. The van der Waals surface area contributed by atoms with E-state index in [2.05, 4.69) is 28.2 Å². The van der Waals surface area contributed by atoms with Crippen LogP contribution in [0.15, 0.2) is 60.8 Å². The molecule has 2 heterocycles. The molecule has 2 aromatic heterocycles. The van der Waals surface area contributed by atoms with E-state index in [1.54, 1.807) is 24.8 Å². The number of nitrogens with two attached hydrogens (primary N) is 1. The Labute approximate surface area is 229 Å². The molecule has 0 amide bonds. The Morgan fingerprint density at radius 2 is 2.05 bits per heavy atom. The summed E-state index contributed by atoms with van der Waals surface area (Å²) in [5.74, 6) is 0.244. The normalized spacial score (nSPS) is 15.3. The van der Waals surface area contributed by atoms with Crippen molar-refractivity contribution in [2.75, 3.05) is 12.4 Å². The molecule has 0 saturated carbocycles. The summed E-state index contributed by atoms with van der Waals surface area (Å²) in [5, 5.41) is 0.653. The first-order valence-corrected chi connectivity index (χ1v) is 13.8. The molecule has 0 radical (unpaired) electrons. The van der Waals surface area contributed by atoms with Gasteiger partial charge in [-0.05, 0) is 72.9 Å². The maximum atomic E-state index is 13.8. The number of aromatic nitrogens is 2. The standard InChI is InChI=1S/C29H27ClFN3O3S/c1-2-36-29(35)25(32)16-38-28-21-4-3-11-33-26(21)10-7-17-6-9-20(13-22(17)28)37-15-19-8-5-18-12-24(31)23(30)14-27(18)34-19/h3-6,8-9,11-14,25,28H,2,7,10,15-16,32H2,1H3. The van der Waals surface area contributed by atoms with Gasteiger partial charge in [-0.2, -0.15) is 0 Å². The topological polar surface area (TPSA) is 87.3 Å². The van der Waals surface area contributed by atoms with Crippen molar-refractivity contribution in [3.05, 3.63) is 99.7 Å². The van der Waals surface area contributed by atoms with E-state index in [9.17, 15) is 9.18 Å². The van der Waals surface area contributed by atoms with Gasteiger partial charge in [-0.1, -0.05) is 29.8 Å². The zero-order valence-corrected chi connectivity index (χ0v) is 22.4. The number of nitrogens with zero attached hydrogens (tertiary/aromatic N) is 2. The Morgan fingerprint density at radius 1 is 1.18 bits per heavy atom. The summed E-state index contributed by atoms with van der Waals surface area (Å²) in [6.45, 7) is 2.31. The van der Waals surface area contributed by atoms with Gasteiger partial charge in [0.25, 0.3) is 0 Å². The second kappa shape index (κ2) is 11.7. The lowest BCUT2D eigenvalue weighted by Gasteiger charge is -2.22. The van der Waals surface area contributed by atoms with E-state index in [4.69, 9.17) is 26.8 Å². The summed E-state index contributed by atoms with van der Waals surface area (Å²) in [5.41, 5.74) is 11.9. The Hall–Kier alpha value is -3.20. The number of rotatable bonds is 8. The zero-order valence-electron chi connectivity index (χ0n) is 20.8. The minimum Gasteiger partial charge on any atom is -0.487 e. The van der Waals surface area contributed by atoms with Crippen LogP contribution in [0, 0.1) is 5.82 Å². The number of hydrogen-bond acceptors (Lipinski definition) is 7. The van der Waals surface area contributed by atoms with Gasteiger partial charge in [-0.25, -0.2) is 9.37 Å². The van der Waals surface area contributed by atoms with E-state index in [1.165, 1.54) is 17.7 Å². The van der Waals surface area contributed by atoms with Crippen molar-refractivity contribution in [1.29, 1.82) is 0 Å². The number of pyridine rings is 2. The summed E-state index contributed by atoms with van der Waals surface area (Å²) in [6.07, 6.45) is 3.49. The lowest BCUT2D eigenvalue weighted by Crippen LogP contribution is -2.34. The molecule has 2 atom stereocenters. The third-order valence-electron chi connectivity index (χ3n) is 6.45. The molecular weight excluding hydrogens is 525 g/mol. The highest BCUT2D eigenvalue weighted by Gasteiger charge is 2.27. The number of fused-ring (bicyclic) bond motifs is 3. The zero-order chi connectivity index (χ0) is 26.6. The number of hydrogen-bond donors (Lipinski definition) is 1. The largest absolute Gasteiger partial charge is 0.487 e. The molecule has 1 aliphatic carbocycles. The van der Waals surface area contributed by atoms with Crippen molar-refractivity contribution in [2.24, 2.45) is 5.73 Å². The van der Waals surface area contributed by atoms with Crippen molar-refractivity contribution in [3.63, 3.8) is 0 Å². The van der Waals surface area contributed by atoms with Gasteiger partial charge in [0.2, 0.25) is 0 Å². The van der Waals surface area contributed by atoms with Gasteiger partial charge in [-0.3, -0.25) is 9.78 Å². The van der Waals surface area contributed by atoms with Gasteiger partial charge in [0, 0.05) is 23.0 Å². The molecule has 1 aliphatic rings. The molecule has 6 nitrogen and oxygen atoms in total. The molecule has 196 valence electrons. The minimum atomic E-state index is -0.716. The molecule has 0 aliphatic heterocycles. The van der Waals surface area contributed by atoms with Gasteiger partial charge >= 0.3 is 5.97 Å². The maximum Gasteiger partial charge on any atom is 0.323 e. The molecule has 4 aromatic rings. The van der Waals surface area contributed by atoms with Crippen molar-refractivity contribution >= 4 is 40.2 Å². The average Bonchev–Trinajstić information content (AvgIpc) is 3.07. The van der Waals surface area contributed by atoms with Gasteiger partial charge in [0.1, 0.15) is 24.2 Å². The van der Waals surface area contributed by atoms with Crippen molar-refractivity contribution in [1.82, 2.24) is 9.97 Å². The lowest BCUT2D eigenvalue weighted by molar-refractivity contribution is -0.144. The van der Waals surface area contributed by atoms with Crippen LogP contribution < -0.4 is 10.5 Å². The number of halogens is 2. The van der Waals surface area contributed by atoms with Gasteiger partial charge < -0.3 is 15.2 Å². The van der Waals surface area contributed by atoms with Crippen molar-refractivity contribution in [3.8, 4) is 5.75 Å². The third-order valence-corrected chi connectivity index (χ3v) is 8.13. The molecule has 2 N–H and O–H groups in total. The highest BCUT2D eigenvalue weighted by molar-refractivity contribution is 7.99. The molecule has 2 aromatic carbocycles. The van der Waals surface area contributed by atoms with Crippen LogP contribution in [0.3, 0.4) is 0 Å². The Balaban J connectivity index is 1.39. The van der Waals surface area contributed by atoms with Crippen molar-refractivity contribution in [2.45, 2.75) is 37.7 Å². The van der Waals surface area contributed by atoms with E-state index < -0.39 is 17.8 Å². The minimum absolute atomic E-state index is 0.0369. The second-order valence-electron chi connectivity index (χ2n) is 9.02. The van der Waals surface area contributed by atoms with E-state index in [1.807, 2.05) is 24.4 Å². The second-order valence-corrected chi connectivity index (χ2v) is 10.6. The van der Waals surface area contributed by atoms with Gasteiger partial charge in [-0.15, -0.1) is 11.8 Å².